The van der Waals surface area contributed by atoms with Crippen LogP contribution in [0.1, 0.15) is 25.6 Å². The molecule has 2 heterocycles. The molecule has 0 bridgehead atoms. The summed E-state index contributed by atoms with van der Waals surface area (Å²) in [6.07, 6.45) is 1.52. The predicted octanol–water partition coefficient (Wildman–Crippen LogP) is 2.31. The van der Waals surface area contributed by atoms with E-state index in [1.165, 1.54) is 16.9 Å². The lowest BCUT2D eigenvalue weighted by Gasteiger charge is -2.19. The van der Waals surface area contributed by atoms with Crippen molar-refractivity contribution in [3.8, 4) is 0 Å². The summed E-state index contributed by atoms with van der Waals surface area (Å²) in [6, 6.07) is 7.30. The van der Waals surface area contributed by atoms with Crippen LogP contribution in [-0.2, 0) is 17.9 Å². The van der Waals surface area contributed by atoms with Gasteiger partial charge >= 0.3 is 5.69 Å². The molecule has 0 spiro atoms. The predicted molar refractivity (Wildman–Crippen MR) is 98.4 cm³/mol. The molecule has 0 aliphatic heterocycles. The van der Waals surface area contributed by atoms with E-state index in [0.717, 1.165) is 4.57 Å². The van der Waals surface area contributed by atoms with Crippen LogP contribution in [0.3, 0.4) is 0 Å². The summed E-state index contributed by atoms with van der Waals surface area (Å²) in [5.74, 6) is 0.232. The molecule has 1 amide bonds. The summed E-state index contributed by atoms with van der Waals surface area (Å²) < 4.78 is 7.58. The largest absolute Gasteiger partial charge is 0.467 e. The highest BCUT2D eigenvalue weighted by molar-refractivity contribution is 6.31. The average Bonchev–Trinajstić information content (AvgIpc) is 3.13. The molecule has 7 nitrogen and oxygen atoms in total. The Kier molecular flexibility index (Phi) is 4.99. The molecular weight excluding hydrogens is 358 g/mol. The van der Waals surface area contributed by atoms with Crippen LogP contribution in [0.4, 0.5) is 0 Å². The van der Waals surface area contributed by atoms with Crippen LogP contribution >= 0.6 is 11.6 Å². The minimum absolute atomic E-state index is 0.205. The van der Waals surface area contributed by atoms with Crippen molar-refractivity contribution in [3.05, 3.63) is 68.2 Å². The Labute approximate surface area is 153 Å². The van der Waals surface area contributed by atoms with Gasteiger partial charge in [-0.25, -0.2) is 4.79 Å². The number of carbonyl (C=O) groups excluding carboxylic acids is 1. The molecular formula is C18H18ClN3O4. The van der Waals surface area contributed by atoms with Crippen LogP contribution < -0.4 is 16.6 Å². The smallest absolute Gasteiger partial charge is 0.332 e. The normalized spacial score (nSPS) is 12.3. The number of aromatic nitrogens is 2. The molecule has 0 saturated heterocycles. The molecule has 0 saturated carbocycles. The molecule has 0 radical (unpaired) electrons. The second-order valence-corrected chi connectivity index (χ2v) is 6.27. The number of fused-ring (bicyclic) bond motifs is 1. The van der Waals surface area contributed by atoms with Crippen molar-refractivity contribution in [1.29, 1.82) is 0 Å². The SMILES string of the molecule is CCn1c(=O)c2ccc(Cl)cc2n(C(C)C(=O)NCc2ccco2)c1=O. The van der Waals surface area contributed by atoms with E-state index in [2.05, 4.69) is 5.32 Å². The fourth-order valence-corrected chi connectivity index (χ4v) is 3.02. The van der Waals surface area contributed by atoms with Gasteiger partial charge in [0.15, 0.2) is 0 Å². The van der Waals surface area contributed by atoms with Crippen molar-refractivity contribution in [2.45, 2.75) is 33.0 Å². The molecule has 3 rings (SSSR count). The molecule has 1 unspecified atom stereocenters. The lowest BCUT2D eigenvalue weighted by molar-refractivity contribution is -0.124. The van der Waals surface area contributed by atoms with Gasteiger partial charge in [-0.3, -0.25) is 18.7 Å². The quantitative estimate of drug-likeness (QED) is 0.741. The zero-order chi connectivity index (χ0) is 18.8. The number of halogens is 1. The second kappa shape index (κ2) is 7.21. The lowest BCUT2D eigenvalue weighted by Crippen LogP contribution is -2.44. The maximum Gasteiger partial charge on any atom is 0.332 e. The summed E-state index contributed by atoms with van der Waals surface area (Å²) in [6.45, 7) is 3.72. The third-order valence-corrected chi connectivity index (χ3v) is 4.47. The minimum Gasteiger partial charge on any atom is -0.467 e. The summed E-state index contributed by atoms with van der Waals surface area (Å²) in [4.78, 5) is 37.9. The number of rotatable bonds is 5. The van der Waals surface area contributed by atoms with Crippen molar-refractivity contribution in [2.75, 3.05) is 0 Å². The van der Waals surface area contributed by atoms with Crippen LogP contribution in [0.15, 0.2) is 50.6 Å². The van der Waals surface area contributed by atoms with Crippen LogP contribution in [0.25, 0.3) is 10.9 Å². The van der Waals surface area contributed by atoms with Gasteiger partial charge in [-0.1, -0.05) is 11.6 Å². The molecule has 8 heteroatoms. The van der Waals surface area contributed by atoms with Gasteiger partial charge in [0, 0.05) is 11.6 Å². The van der Waals surface area contributed by atoms with Crippen molar-refractivity contribution < 1.29 is 9.21 Å². The van der Waals surface area contributed by atoms with E-state index in [1.54, 1.807) is 38.1 Å². The summed E-state index contributed by atoms with van der Waals surface area (Å²) >= 11 is 6.04. The number of hydrogen-bond donors (Lipinski definition) is 1. The lowest BCUT2D eigenvalue weighted by atomic mass is 10.2. The molecule has 0 aliphatic rings. The first-order valence-electron chi connectivity index (χ1n) is 8.18. The molecule has 2 aromatic heterocycles. The molecule has 3 aromatic rings. The van der Waals surface area contributed by atoms with E-state index >= 15 is 0 Å². The molecule has 136 valence electrons. The van der Waals surface area contributed by atoms with Crippen LogP contribution in [0.2, 0.25) is 5.02 Å². The number of amides is 1. The third-order valence-electron chi connectivity index (χ3n) is 4.23. The fourth-order valence-electron chi connectivity index (χ4n) is 2.86. The van der Waals surface area contributed by atoms with E-state index in [0.29, 0.717) is 21.7 Å². The first-order valence-corrected chi connectivity index (χ1v) is 8.56. The van der Waals surface area contributed by atoms with Crippen molar-refractivity contribution in [3.63, 3.8) is 0 Å². The Balaban J connectivity index is 2.07. The fraction of sp³-hybridized carbons (Fsp3) is 0.278. The zero-order valence-corrected chi connectivity index (χ0v) is 15.1. The van der Waals surface area contributed by atoms with Crippen LogP contribution in [0.5, 0.6) is 0 Å². The Hall–Kier alpha value is -2.80. The van der Waals surface area contributed by atoms with Crippen molar-refractivity contribution >= 4 is 28.4 Å². The Bertz CT molecular complexity index is 1070. The van der Waals surface area contributed by atoms with E-state index < -0.39 is 17.3 Å². The van der Waals surface area contributed by atoms with Gasteiger partial charge in [0.25, 0.3) is 5.56 Å². The highest BCUT2D eigenvalue weighted by Gasteiger charge is 2.22. The number of benzene rings is 1. The molecule has 1 atom stereocenters. The molecule has 1 N–H and O–H groups in total. The number of carbonyl (C=O) groups is 1. The van der Waals surface area contributed by atoms with Crippen LogP contribution in [-0.4, -0.2) is 15.0 Å². The first kappa shape index (κ1) is 18.0. The van der Waals surface area contributed by atoms with E-state index in [4.69, 9.17) is 16.0 Å². The minimum atomic E-state index is -0.836. The second-order valence-electron chi connectivity index (χ2n) is 5.84. The van der Waals surface area contributed by atoms with Gasteiger partial charge in [0.2, 0.25) is 5.91 Å². The average molecular weight is 376 g/mol. The van der Waals surface area contributed by atoms with E-state index in [9.17, 15) is 14.4 Å². The van der Waals surface area contributed by atoms with Gasteiger partial charge in [-0.05, 0) is 44.2 Å². The topological polar surface area (TPSA) is 86.2 Å². The monoisotopic (exact) mass is 375 g/mol. The standard InChI is InChI=1S/C18H18ClN3O4/c1-3-21-17(24)14-7-6-12(19)9-15(14)22(18(21)25)11(2)16(23)20-10-13-5-4-8-26-13/h4-9,11H,3,10H2,1-2H3,(H,20,23). The Morgan fingerprint density at radius 3 is 2.73 bits per heavy atom. The van der Waals surface area contributed by atoms with Gasteiger partial charge in [0.05, 0.1) is 23.7 Å². The Morgan fingerprint density at radius 1 is 1.31 bits per heavy atom. The molecule has 26 heavy (non-hydrogen) atoms. The zero-order valence-electron chi connectivity index (χ0n) is 14.4. The maximum atomic E-state index is 12.8. The molecule has 1 aromatic carbocycles. The van der Waals surface area contributed by atoms with Crippen molar-refractivity contribution in [1.82, 2.24) is 14.5 Å². The molecule has 0 aliphatic carbocycles. The third kappa shape index (κ3) is 3.17. The van der Waals surface area contributed by atoms with Crippen LogP contribution in [0, 0.1) is 0 Å². The van der Waals surface area contributed by atoms with Gasteiger partial charge in [-0.15, -0.1) is 0 Å². The van der Waals surface area contributed by atoms with E-state index in [1.807, 2.05) is 0 Å². The van der Waals surface area contributed by atoms with Gasteiger partial charge in [-0.2, -0.15) is 0 Å². The number of hydrogen-bond acceptors (Lipinski definition) is 4. The number of nitrogens with one attached hydrogen (secondary N) is 1. The van der Waals surface area contributed by atoms with Crippen molar-refractivity contribution in [2.24, 2.45) is 0 Å². The van der Waals surface area contributed by atoms with Gasteiger partial charge < -0.3 is 9.73 Å². The summed E-state index contributed by atoms with van der Waals surface area (Å²) in [7, 11) is 0. The summed E-state index contributed by atoms with van der Waals surface area (Å²) in [5, 5.41) is 3.44. The maximum absolute atomic E-state index is 12.8. The highest BCUT2D eigenvalue weighted by atomic mass is 35.5. The Morgan fingerprint density at radius 2 is 2.08 bits per heavy atom. The first-order chi connectivity index (χ1) is 12.4. The molecule has 0 fully saturated rings. The van der Waals surface area contributed by atoms with E-state index in [-0.39, 0.29) is 19.0 Å². The summed E-state index contributed by atoms with van der Waals surface area (Å²) in [5.41, 5.74) is -0.616. The number of nitrogens with zero attached hydrogens (tertiary/aromatic N) is 2. The number of furan rings is 1. The highest BCUT2D eigenvalue weighted by Crippen LogP contribution is 2.18. The van der Waals surface area contributed by atoms with Gasteiger partial charge in [0.1, 0.15) is 11.8 Å².